The van der Waals surface area contributed by atoms with Crippen molar-refractivity contribution in [3.05, 3.63) is 54.1 Å². The summed E-state index contributed by atoms with van der Waals surface area (Å²) in [5.74, 6) is 0.530. The number of hydrogen-bond acceptors (Lipinski definition) is 5. The third-order valence-electron chi connectivity index (χ3n) is 5.94. The molecule has 1 saturated carbocycles. The second kappa shape index (κ2) is 5.69. The maximum absolute atomic E-state index is 13.4. The van der Waals surface area contributed by atoms with Gasteiger partial charge < -0.3 is 10.3 Å². The molecule has 6 rings (SSSR count). The van der Waals surface area contributed by atoms with Crippen molar-refractivity contribution in [3.8, 4) is 22.6 Å². The fraction of sp³-hybridized carbons (Fsp3) is 0.250. The van der Waals surface area contributed by atoms with Crippen LogP contribution in [0.2, 0.25) is 0 Å². The van der Waals surface area contributed by atoms with E-state index in [0.29, 0.717) is 29.0 Å². The smallest absolute Gasteiger partial charge is 0.287 e. The van der Waals surface area contributed by atoms with E-state index in [2.05, 4.69) is 19.7 Å². The van der Waals surface area contributed by atoms with Gasteiger partial charge in [-0.15, -0.1) is 10.2 Å². The lowest BCUT2D eigenvalue weighted by Gasteiger charge is -2.17. The van der Waals surface area contributed by atoms with Crippen LogP contribution in [0.15, 0.2) is 36.7 Å². The number of nitrogens with two attached hydrogens (primary N) is 1. The van der Waals surface area contributed by atoms with Gasteiger partial charge in [-0.1, -0.05) is 0 Å². The molecule has 2 aliphatic rings. The van der Waals surface area contributed by atoms with Crippen molar-refractivity contribution < 1.29 is 9.18 Å². The number of aromatic nitrogens is 6. The van der Waals surface area contributed by atoms with Gasteiger partial charge >= 0.3 is 0 Å². The Hall–Kier alpha value is -3.62. The normalized spacial score (nSPS) is 19.8. The SMILES string of the molecule is NC(=O)c1nnc2ccc(-c3c(-c4ccc(F)cn4)nc4n3C3CCC4C3)cn12. The second-order valence-electron chi connectivity index (χ2n) is 7.60. The van der Waals surface area contributed by atoms with Crippen LogP contribution in [0.3, 0.4) is 0 Å². The number of amides is 1. The van der Waals surface area contributed by atoms with Crippen LogP contribution in [-0.2, 0) is 0 Å². The summed E-state index contributed by atoms with van der Waals surface area (Å²) in [6.07, 6.45) is 6.34. The molecule has 1 fully saturated rings. The first-order valence-electron chi connectivity index (χ1n) is 9.49. The maximum Gasteiger partial charge on any atom is 0.287 e. The van der Waals surface area contributed by atoms with Crippen molar-refractivity contribution in [2.24, 2.45) is 5.73 Å². The average molecular weight is 389 g/mol. The number of carbonyl (C=O) groups is 1. The van der Waals surface area contributed by atoms with E-state index in [1.54, 1.807) is 22.7 Å². The van der Waals surface area contributed by atoms with Gasteiger partial charge in [0, 0.05) is 23.7 Å². The van der Waals surface area contributed by atoms with E-state index in [0.717, 1.165) is 36.3 Å². The number of imidazole rings is 1. The largest absolute Gasteiger partial charge is 0.363 e. The van der Waals surface area contributed by atoms with E-state index in [9.17, 15) is 9.18 Å². The molecular formula is C20H16FN7O. The van der Waals surface area contributed by atoms with Crippen molar-refractivity contribution in [3.63, 3.8) is 0 Å². The molecule has 1 aliphatic carbocycles. The number of nitrogens with zero attached hydrogens (tertiary/aromatic N) is 6. The van der Waals surface area contributed by atoms with Crippen LogP contribution in [0.1, 0.15) is 47.7 Å². The molecule has 1 amide bonds. The van der Waals surface area contributed by atoms with E-state index >= 15 is 0 Å². The van der Waals surface area contributed by atoms with Crippen LogP contribution in [0, 0.1) is 5.82 Å². The van der Waals surface area contributed by atoms with Gasteiger partial charge in [0.15, 0.2) is 5.65 Å². The third kappa shape index (κ3) is 2.27. The summed E-state index contributed by atoms with van der Waals surface area (Å²) < 4.78 is 17.3. The molecule has 4 aromatic heterocycles. The molecule has 4 aromatic rings. The van der Waals surface area contributed by atoms with Crippen molar-refractivity contribution >= 4 is 11.6 Å². The minimum Gasteiger partial charge on any atom is -0.363 e. The zero-order valence-electron chi connectivity index (χ0n) is 15.3. The van der Waals surface area contributed by atoms with E-state index in [4.69, 9.17) is 10.7 Å². The summed E-state index contributed by atoms with van der Waals surface area (Å²) in [5.41, 5.74) is 9.07. The van der Waals surface area contributed by atoms with E-state index < -0.39 is 5.91 Å². The molecule has 2 atom stereocenters. The van der Waals surface area contributed by atoms with Crippen molar-refractivity contribution in [1.82, 2.24) is 29.1 Å². The Morgan fingerprint density at radius 1 is 1.17 bits per heavy atom. The Labute approximate surface area is 164 Å². The second-order valence-corrected chi connectivity index (χ2v) is 7.60. The number of hydrogen-bond donors (Lipinski definition) is 1. The molecule has 2 unspecified atom stereocenters. The van der Waals surface area contributed by atoms with E-state index in [1.165, 1.54) is 12.3 Å². The Morgan fingerprint density at radius 3 is 2.86 bits per heavy atom. The number of carbonyl (C=O) groups excluding carboxylic acids is 1. The van der Waals surface area contributed by atoms with E-state index in [-0.39, 0.29) is 11.6 Å². The van der Waals surface area contributed by atoms with Crippen molar-refractivity contribution in [1.29, 1.82) is 0 Å². The van der Waals surface area contributed by atoms with Gasteiger partial charge in [0.05, 0.1) is 17.6 Å². The summed E-state index contributed by atoms with van der Waals surface area (Å²) in [6, 6.07) is 7.14. The van der Waals surface area contributed by atoms with Crippen LogP contribution in [0.5, 0.6) is 0 Å². The van der Waals surface area contributed by atoms with Gasteiger partial charge in [-0.25, -0.2) is 9.37 Å². The Kier molecular flexibility index (Phi) is 3.21. The predicted molar refractivity (Wildman–Crippen MR) is 102 cm³/mol. The highest BCUT2D eigenvalue weighted by Gasteiger charge is 2.41. The molecule has 29 heavy (non-hydrogen) atoms. The Balaban J connectivity index is 1.62. The van der Waals surface area contributed by atoms with Crippen molar-refractivity contribution in [2.75, 3.05) is 0 Å². The van der Waals surface area contributed by atoms with Gasteiger partial charge in [0.25, 0.3) is 5.91 Å². The third-order valence-corrected chi connectivity index (χ3v) is 5.94. The first kappa shape index (κ1) is 16.3. The zero-order valence-corrected chi connectivity index (χ0v) is 15.3. The number of halogens is 1. The van der Waals surface area contributed by atoms with Crippen LogP contribution < -0.4 is 5.73 Å². The first-order chi connectivity index (χ1) is 14.1. The quantitative estimate of drug-likeness (QED) is 0.580. The number of primary amides is 1. The molecule has 2 N–H and O–H groups in total. The molecule has 9 heteroatoms. The minimum absolute atomic E-state index is 0.0750. The molecule has 5 heterocycles. The lowest BCUT2D eigenvalue weighted by atomic mass is 10.1. The van der Waals surface area contributed by atoms with E-state index in [1.807, 2.05) is 6.07 Å². The highest BCUT2D eigenvalue weighted by Crippen LogP contribution is 2.52. The summed E-state index contributed by atoms with van der Waals surface area (Å²) in [5, 5.41) is 7.88. The highest BCUT2D eigenvalue weighted by atomic mass is 19.1. The van der Waals surface area contributed by atoms with Gasteiger partial charge in [-0.05, 0) is 43.5 Å². The Bertz CT molecular complexity index is 1290. The molecule has 1 aliphatic heterocycles. The molecule has 0 aromatic carbocycles. The fourth-order valence-corrected chi connectivity index (χ4v) is 4.70. The lowest BCUT2D eigenvalue weighted by molar-refractivity contribution is 0.0989. The molecule has 0 radical (unpaired) electrons. The van der Waals surface area contributed by atoms with Crippen LogP contribution in [-0.4, -0.2) is 35.0 Å². The molecule has 0 saturated heterocycles. The summed E-state index contributed by atoms with van der Waals surface area (Å²) in [7, 11) is 0. The van der Waals surface area contributed by atoms with Gasteiger partial charge in [0.1, 0.15) is 17.3 Å². The predicted octanol–water partition coefficient (Wildman–Crippen LogP) is 2.72. The summed E-state index contributed by atoms with van der Waals surface area (Å²) in [6.45, 7) is 0. The zero-order chi connectivity index (χ0) is 19.7. The molecule has 8 nitrogen and oxygen atoms in total. The average Bonchev–Trinajstić information content (AvgIpc) is 3.47. The summed E-state index contributed by atoms with van der Waals surface area (Å²) >= 11 is 0. The summed E-state index contributed by atoms with van der Waals surface area (Å²) in [4.78, 5) is 20.9. The van der Waals surface area contributed by atoms with Gasteiger partial charge in [0.2, 0.25) is 5.82 Å². The van der Waals surface area contributed by atoms with Gasteiger partial charge in [-0.3, -0.25) is 14.2 Å². The van der Waals surface area contributed by atoms with Crippen LogP contribution in [0.25, 0.3) is 28.3 Å². The molecule has 2 bridgehead atoms. The Morgan fingerprint density at radius 2 is 2.07 bits per heavy atom. The van der Waals surface area contributed by atoms with Crippen LogP contribution >= 0.6 is 0 Å². The van der Waals surface area contributed by atoms with Crippen molar-refractivity contribution in [2.45, 2.75) is 31.2 Å². The standard InChI is InChI=1S/C20H16FN7O/c21-12-3-5-14(23-8-12)16-17(28-13-4-1-10(7-13)19(28)24-16)11-2-6-15-25-26-20(18(22)29)27(15)9-11/h2-3,5-6,8-10,13H,1,4,7H2,(H2,22,29). The molecule has 0 spiro atoms. The van der Waals surface area contributed by atoms with Crippen LogP contribution in [0.4, 0.5) is 4.39 Å². The maximum atomic E-state index is 13.4. The monoisotopic (exact) mass is 389 g/mol. The number of pyridine rings is 2. The minimum atomic E-state index is -0.646. The molecular weight excluding hydrogens is 373 g/mol. The lowest BCUT2D eigenvalue weighted by Crippen LogP contribution is -2.15. The fourth-order valence-electron chi connectivity index (χ4n) is 4.70. The topological polar surface area (TPSA) is 104 Å². The van der Waals surface area contributed by atoms with Gasteiger partial charge in [-0.2, -0.15) is 0 Å². The number of fused-ring (bicyclic) bond motifs is 6. The highest BCUT2D eigenvalue weighted by molar-refractivity contribution is 5.90. The molecule has 144 valence electrons. The first-order valence-corrected chi connectivity index (χ1v) is 9.49. The number of rotatable bonds is 3.